The first kappa shape index (κ1) is 17.0. The van der Waals surface area contributed by atoms with Crippen molar-refractivity contribution in [3.63, 3.8) is 0 Å². The van der Waals surface area contributed by atoms with Gasteiger partial charge in [0.1, 0.15) is 17.8 Å². The Morgan fingerprint density at radius 1 is 1.21 bits per heavy atom. The van der Waals surface area contributed by atoms with Crippen LogP contribution in [0.3, 0.4) is 0 Å². The van der Waals surface area contributed by atoms with Gasteiger partial charge in [0.15, 0.2) is 0 Å². The van der Waals surface area contributed by atoms with Crippen molar-refractivity contribution >= 4 is 0 Å². The second-order valence-corrected chi connectivity index (χ2v) is 6.40. The molecule has 1 N–H and O–H groups in total. The van der Waals surface area contributed by atoms with Gasteiger partial charge in [-0.2, -0.15) is 5.10 Å². The van der Waals surface area contributed by atoms with Gasteiger partial charge in [0.2, 0.25) is 0 Å². The molecular weight excluding hydrogens is 315 g/mol. The van der Waals surface area contributed by atoms with Crippen LogP contribution in [0.5, 0.6) is 0 Å². The van der Waals surface area contributed by atoms with Crippen LogP contribution >= 0.6 is 0 Å². The van der Waals surface area contributed by atoms with Crippen LogP contribution in [0.1, 0.15) is 37.4 Å². The van der Waals surface area contributed by atoms with Crippen molar-refractivity contribution in [2.75, 3.05) is 0 Å². The fraction of sp³-hybridized carbons (Fsp3) is 0.500. The molecule has 3 nitrogen and oxygen atoms in total. The van der Waals surface area contributed by atoms with Crippen LogP contribution in [0.4, 0.5) is 13.2 Å². The Labute approximate surface area is 139 Å². The number of nitrogens with zero attached hydrogens (tertiary/aromatic N) is 2. The minimum absolute atomic E-state index is 0.168. The molecule has 130 valence electrons. The van der Waals surface area contributed by atoms with Crippen molar-refractivity contribution in [2.24, 2.45) is 7.05 Å². The number of hydrogen-bond acceptors (Lipinski definition) is 2. The molecular formula is C18H22F3N3. The quantitative estimate of drug-likeness (QED) is 0.896. The van der Waals surface area contributed by atoms with Crippen LogP contribution in [0.15, 0.2) is 18.2 Å². The molecule has 0 radical (unpaired) electrons. The van der Waals surface area contributed by atoms with Crippen molar-refractivity contribution in [1.29, 1.82) is 0 Å². The average Bonchev–Trinajstić information content (AvgIpc) is 3.06. The van der Waals surface area contributed by atoms with Crippen LogP contribution in [0.2, 0.25) is 0 Å². The third-order valence-corrected chi connectivity index (χ3v) is 4.64. The van der Waals surface area contributed by atoms with Gasteiger partial charge < -0.3 is 5.32 Å². The molecule has 24 heavy (non-hydrogen) atoms. The molecule has 1 aromatic carbocycles. The topological polar surface area (TPSA) is 29.9 Å². The Hall–Kier alpha value is -1.82. The Kier molecular flexibility index (Phi) is 4.94. The van der Waals surface area contributed by atoms with E-state index in [1.807, 2.05) is 6.92 Å². The maximum atomic E-state index is 13.6. The van der Waals surface area contributed by atoms with Gasteiger partial charge in [0.25, 0.3) is 0 Å². The van der Waals surface area contributed by atoms with Crippen molar-refractivity contribution in [3.05, 3.63) is 41.1 Å². The second-order valence-electron chi connectivity index (χ2n) is 6.40. The van der Waals surface area contributed by atoms with Crippen molar-refractivity contribution in [2.45, 2.75) is 51.4 Å². The average molecular weight is 337 g/mol. The van der Waals surface area contributed by atoms with E-state index in [9.17, 15) is 13.2 Å². The fourth-order valence-electron chi connectivity index (χ4n) is 3.54. The smallest absolute Gasteiger partial charge is 0.126 e. The molecule has 0 unspecified atom stereocenters. The number of nitrogens with one attached hydrogen (secondary N) is 1. The number of aryl methyl sites for hydroxylation is 1. The van der Waals surface area contributed by atoms with E-state index in [-0.39, 0.29) is 6.04 Å². The summed E-state index contributed by atoms with van der Waals surface area (Å²) in [5.74, 6) is -1.21. The molecule has 0 bridgehead atoms. The highest BCUT2D eigenvalue weighted by atomic mass is 19.1. The molecule has 2 atom stereocenters. The molecule has 0 aliphatic heterocycles. The number of halogens is 3. The molecule has 1 aliphatic carbocycles. The lowest BCUT2D eigenvalue weighted by molar-refractivity contribution is 0.333. The first-order valence-electron chi connectivity index (χ1n) is 8.36. The number of hydrogen-bond donors (Lipinski definition) is 1. The number of alkyl halides is 1. The van der Waals surface area contributed by atoms with Gasteiger partial charge in [-0.15, -0.1) is 0 Å². The Morgan fingerprint density at radius 3 is 2.50 bits per heavy atom. The van der Waals surface area contributed by atoms with Crippen LogP contribution in [-0.4, -0.2) is 22.0 Å². The molecule has 0 amide bonds. The minimum Gasteiger partial charge on any atom is -0.308 e. The first-order chi connectivity index (χ1) is 11.5. The third kappa shape index (κ3) is 3.48. The van der Waals surface area contributed by atoms with Crippen LogP contribution in [0, 0.1) is 11.6 Å². The van der Waals surface area contributed by atoms with Gasteiger partial charge in [-0.05, 0) is 37.8 Å². The highest BCUT2D eigenvalue weighted by Gasteiger charge is 2.25. The lowest BCUT2D eigenvalue weighted by Gasteiger charge is -2.11. The lowest BCUT2D eigenvalue weighted by Crippen LogP contribution is -2.26. The molecule has 1 saturated carbocycles. The molecule has 1 aliphatic rings. The van der Waals surface area contributed by atoms with Crippen LogP contribution in [0.25, 0.3) is 11.3 Å². The largest absolute Gasteiger partial charge is 0.308 e. The second kappa shape index (κ2) is 6.97. The van der Waals surface area contributed by atoms with Gasteiger partial charge >= 0.3 is 0 Å². The first-order valence-corrected chi connectivity index (χ1v) is 8.36. The lowest BCUT2D eigenvalue weighted by atomic mass is 10.0. The van der Waals surface area contributed by atoms with Gasteiger partial charge in [-0.25, -0.2) is 13.2 Å². The number of rotatable bonds is 5. The highest BCUT2D eigenvalue weighted by Crippen LogP contribution is 2.28. The monoisotopic (exact) mass is 337 g/mol. The molecule has 3 rings (SSSR count). The van der Waals surface area contributed by atoms with E-state index in [1.54, 1.807) is 11.7 Å². The number of aromatic nitrogens is 2. The summed E-state index contributed by atoms with van der Waals surface area (Å²) in [6.07, 6.45) is 1.96. The molecule has 0 spiro atoms. The molecule has 1 fully saturated rings. The zero-order valence-corrected chi connectivity index (χ0v) is 14.0. The normalized spacial score (nSPS) is 20.7. The zero-order valence-electron chi connectivity index (χ0n) is 14.0. The fourth-order valence-corrected chi connectivity index (χ4v) is 3.54. The summed E-state index contributed by atoms with van der Waals surface area (Å²) >= 11 is 0. The molecule has 1 aromatic heterocycles. The Balaban J connectivity index is 1.86. The minimum atomic E-state index is -0.720. The summed E-state index contributed by atoms with van der Waals surface area (Å²) in [6, 6.07) is 3.67. The van der Waals surface area contributed by atoms with E-state index in [4.69, 9.17) is 0 Å². The van der Waals surface area contributed by atoms with Gasteiger partial charge in [-0.3, -0.25) is 4.68 Å². The maximum absolute atomic E-state index is 13.6. The van der Waals surface area contributed by atoms with Gasteiger partial charge in [-0.1, -0.05) is 6.92 Å². The van der Waals surface area contributed by atoms with E-state index in [0.29, 0.717) is 31.4 Å². The standard InChI is InChI=1S/C18H22F3N3/c1-3-16-17(10-22-15-5-4-12(19)9-15)23-24(2)18(16)11-6-13(20)8-14(21)7-11/h6-8,12,15,22H,3-5,9-10H2,1-2H3/t12-,15+/m1/s1. The Bertz CT molecular complexity index is 706. The van der Waals surface area contributed by atoms with E-state index in [1.165, 1.54) is 12.1 Å². The van der Waals surface area contributed by atoms with E-state index < -0.39 is 17.8 Å². The zero-order chi connectivity index (χ0) is 17.3. The SMILES string of the molecule is CCc1c(CN[C@H]2CC[C@@H](F)C2)nn(C)c1-c1cc(F)cc(F)c1. The van der Waals surface area contributed by atoms with Gasteiger partial charge in [0, 0.05) is 36.8 Å². The molecule has 1 heterocycles. The van der Waals surface area contributed by atoms with E-state index in [0.717, 1.165) is 29.4 Å². The summed E-state index contributed by atoms with van der Waals surface area (Å²) in [7, 11) is 1.77. The number of benzene rings is 1. The molecule has 6 heteroatoms. The van der Waals surface area contributed by atoms with Crippen LogP contribution < -0.4 is 5.32 Å². The van der Waals surface area contributed by atoms with E-state index in [2.05, 4.69) is 10.4 Å². The van der Waals surface area contributed by atoms with Gasteiger partial charge in [0.05, 0.1) is 11.4 Å². The van der Waals surface area contributed by atoms with E-state index >= 15 is 0 Å². The summed E-state index contributed by atoms with van der Waals surface area (Å²) < 4.78 is 42.1. The molecule has 0 saturated heterocycles. The summed E-state index contributed by atoms with van der Waals surface area (Å²) in [4.78, 5) is 0. The van der Waals surface area contributed by atoms with Crippen molar-refractivity contribution in [3.8, 4) is 11.3 Å². The predicted octanol–water partition coefficient (Wildman–Crippen LogP) is 3.91. The maximum Gasteiger partial charge on any atom is 0.126 e. The van der Waals surface area contributed by atoms with Crippen LogP contribution in [-0.2, 0) is 20.0 Å². The Morgan fingerprint density at radius 2 is 1.92 bits per heavy atom. The van der Waals surface area contributed by atoms with Crippen molar-refractivity contribution < 1.29 is 13.2 Å². The summed E-state index contributed by atoms with van der Waals surface area (Å²) in [6.45, 7) is 2.53. The summed E-state index contributed by atoms with van der Waals surface area (Å²) in [5, 5.41) is 7.87. The molecule has 2 aromatic rings. The third-order valence-electron chi connectivity index (χ3n) is 4.64. The highest BCUT2D eigenvalue weighted by molar-refractivity contribution is 5.65. The predicted molar refractivity (Wildman–Crippen MR) is 87.3 cm³/mol. The summed E-state index contributed by atoms with van der Waals surface area (Å²) in [5.41, 5.74) is 3.02. The van der Waals surface area contributed by atoms with Crippen molar-refractivity contribution in [1.82, 2.24) is 15.1 Å².